The maximum atomic E-state index is 12.7. The van der Waals surface area contributed by atoms with E-state index in [0.29, 0.717) is 5.75 Å². The number of likely N-dealkylation sites (tertiary alicyclic amines) is 1. The predicted octanol–water partition coefficient (Wildman–Crippen LogP) is 4.74. The molecule has 0 bridgehead atoms. The largest absolute Gasteiger partial charge is 0.506 e. The van der Waals surface area contributed by atoms with Crippen molar-refractivity contribution in [3.8, 4) is 11.5 Å². The van der Waals surface area contributed by atoms with Gasteiger partial charge >= 0.3 is 0 Å². The fourth-order valence-electron chi connectivity index (χ4n) is 4.10. The highest BCUT2D eigenvalue weighted by Gasteiger charge is 2.23. The summed E-state index contributed by atoms with van der Waals surface area (Å²) in [7, 11) is 0. The Morgan fingerprint density at radius 3 is 2.74 bits per heavy atom. The third-order valence-corrected chi connectivity index (χ3v) is 6.27. The number of carbonyl (C=O) groups is 2. The lowest BCUT2D eigenvalue weighted by atomic mass is 10.0. The maximum absolute atomic E-state index is 12.7. The van der Waals surface area contributed by atoms with E-state index in [4.69, 9.17) is 16.3 Å². The average Bonchev–Trinajstić information content (AvgIpc) is 2.85. The standard InChI is InChI=1S/C26H26ClN3O4/c1-17-6-4-5-13-30(17)25(32)16-34-24-12-10-19(20-7-2-3-8-21(20)24)15-28-29-26(33)18-9-11-23(31)22(27)14-18/h2-3,7-12,14-15,17,31H,4-6,13,16H2,1H3,(H,29,33). The molecular weight excluding hydrogens is 454 g/mol. The fraction of sp³-hybridized carbons (Fsp3) is 0.269. The minimum absolute atomic E-state index is 0.000957. The summed E-state index contributed by atoms with van der Waals surface area (Å²) >= 11 is 5.86. The third-order valence-electron chi connectivity index (χ3n) is 5.97. The van der Waals surface area contributed by atoms with E-state index in [0.717, 1.165) is 42.1 Å². The Morgan fingerprint density at radius 1 is 1.18 bits per heavy atom. The summed E-state index contributed by atoms with van der Waals surface area (Å²) < 4.78 is 5.92. The van der Waals surface area contributed by atoms with E-state index in [9.17, 15) is 14.7 Å². The van der Waals surface area contributed by atoms with Gasteiger partial charge in [-0.1, -0.05) is 35.9 Å². The van der Waals surface area contributed by atoms with E-state index in [1.165, 1.54) is 18.2 Å². The SMILES string of the molecule is CC1CCCCN1C(=O)COc1ccc(C=NNC(=O)c2ccc(O)c(Cl)c2)c2ccccc12. The van der Waals surface area contributed by atoms with Gasteiger partial charge in [-0.2, -0.15) is 5.10 Å². The Morgan fingerprint density at radius 2 is 1.97 bits per heavy atom. The van der Waals surface area contributed by atoms with Crippen molar-refractivity contribution in [2.24, 2.45) is 5.10 Å². The van der Waals surface area contributed by atoms with Gasteiger partial charge in [-0.05, 0) is 61.9 Å². The molecule has 1 saturated heterocycles. The van der Waals surface area contributed by atoms with Crippen LogP contribution >= 0.6 is 11.6 Å². The first-order valence-corrected chi connectivity index (χ1v) is 11.6. The summed E-state index contributed by atoms with van der Waals surface area (Å²) in [6, 6.07) is 15.7. The van der Waals surface area contributed by atoms with Crippen LogP contribution in [0.25, 0.3) is 10.8 Å². The Kier molecular flexibility index (Phi) is 7.33. The summed E-state index contributed by atoms with van der Waals surface area (Å²) in [6.45, 7) is 2.85. The number of hydrogen-bond acceptors (Lipinski definition) is 5. The van der Waals surface area contributed by atoms with Gasteiger partial charge < -0.3 is 14.7 Å². The van der Waals surface area contributed by atoms with Crippen molar-refractivity contribution in [3.63, 3.8) is 0 Å². The zero-order valence-electron chi connectivity index (χ0n) is 18.8. The summed E-state index contributed by atoms with van der Waals surface area (Å²) in [5.41, 5.74) is 3.52. The highest BCUT2D eigenvalue weighted by atomic mass is 35.5. The third kappa shape index (κ3) is 5.31. The molecular formula is C26H26ClN3O4. The molecule has 176 valence electrons. The molecule has 1 unspecified atom stereocenters. The van der Waals surface area contributed by atoms with Crippen molar-refractivity contribution < 1.29 is 19.4 Å². The van der Waals surface area contributed by atoms with Gasteiger partial charge in [-0.3, -0.25) is 9.59 Å². The molecule has 1 aliphatic rings. The van der Waals surface area contributed by atoms with Crippen LogP contribution in [-0.4, -0.2) is 47.2 Å². The van der Waals surface area contributed by atoms with Gasteiger partial charge in [0.1, 0.15) is 11.5 Å². The molecule has 34 heavy (non-hydrogen) atoms. The summed E-state index contributed by atoms with van der Waals surface area (Å²) in [5, 5.41) is 15.4. The van der Waals surface area contributed by atoms with Crippen molar-refractivity contribution in [3.05, 3.63) is 70.7 Å². The predicted molar refractivity (Wildman–Crippen MR) is 133 cm³/mol. The molecule has 7 nitrogen and oxygen atoms in total. The van der Waals surface area contributed by atoms with Crippen molar-refractivity contribution >= 4 is 40.4 Å². The number of hydrazone groups is 1. The van der Waals surface area contributed by atoms with E-state index in [1.54, 1.807) is 12.3 Å². The molecule has 0 radical (unpaired) electrons. The van der Waals surface area contributed by atoms with Crippen LogP contribution in [0.15, 0.2) is 59.7 Å². The van der Waals surface area contributed by atoms with E-state index in [1.807, 2.05) is 35.2 Å². The maximum Gasteiger partial charge on any atom is 0.271 e. The van der Waals surface area contributed by atoms with Crippen LogP contribution in [0, 0.1) is 0 Å². The van der Waals surface area contributed by atoms with Crippen LogP contribution in [0.2, 0.25) is 5.02 Å². The van der Waals surface area contributed by atoms with Crippen molar-refractivity contribution in [2.45, 2.75) is 32.2 Å². The lowest BCUT2D eigenvalue weighted by molar-refractivity contribution is -0.136. The monoisotopic (exact) mass is 479 g/mol. The van der Waals surface area contributed by atoms with Gasteiger partial charge in [0, 0.05) is 29.1 Å². The van der Waals surface area contributed by atoms with Crippen molar-refractivity contribution in [2.75, 3.05) is 13.2 Å². The van der Waals surface area contributed by atoms with Gasteiger partial charge in [-0.25, -0.2) is 5.43 Å². The molecule has 8 heteroatoms. The number of phenols is 1. The van der Waals surface area contributed by atoms with E-state index >= 15 is 0 Å². The Hall–Kier alpha value is -3.58. The molecule has 1 fully saturated rings. The molecule has 4 rings (SSSR count). The second-order valence-electron chi connectivity index (χ2n) is 8.28. The summed E-state index contributed by atoms with van der Waals surface area (Å²) in [5.74, 6) is 0.0722. The average molecular weight is 480 g/mol. The number of piperidine rings is 1. The fourth-order valence-corrected chi connectivity index (χ4v) is 4.28. The number of halogens is 1. The number of carbonyl (C=O) groups excluding carboxylic acids is 2. The Bertz CT molecular complexity index is 1240. The molecule has 0 aromatic heterocycles. The lowest BCUT2D eigenvalue weighted by Gasteiger charge is -2.33. The van der Waals surface area contributed by atoms with Crippen LogP contribution < -0.4 is 10.2 Å². The smallest absolute Gasteiger partial charge is 0.271 e. The first kappa shape index (κ1) is 23.6. The number of nitrogens with one attached hydrogen (secondary N) is 1. The number of ether oxygens (including phenoxy) is 1. The van der Waals surface area contributed by atoms with Gasteiger partial charge in [0.15, 0.2) is 6.61 Å². The molecule has 1 aliphatic heterocycles. The number of hydrogen-bond donors (Lipinski definition) is 2. The highest BCUT2D eigenvalue weighted by molar-refractivity contribution is 6.32. The Balaban J connectivity index is 1.46. The summed E-state index contributed by atoms with van der Waals surface area (Å²) in [6.07, 6.45) is 4.76. The lowest BCUT2D eigenvalue weighted by Crippen LogP contribution is -2.44. The first-order chi connectivity index (χ1) is 16.4. The molecule has 3 aromatic rings. The van der Waals surface area contributed by atoms with E-state index in [-0.39, 0.29) is 34.9 Å². The number of amides is 2. The van der Waals surface area contributed by atoms with Crippen LogP contribution in [0.1, 0.15) is 42.1 Å². The topological polar surface area (TPSA) is 91.2 Å². The first-order valence-electron chi connectivity index (χ1n) is 11.2. The number of benzene rings is 3. The van der Waals surface area contributed by atoms with Crippen LogP contribution in [0.5, 0.6) is 11.5 Å². The highest BCUT2D eigenvalue weighted by Crippen LogP contribution is 2.28. The van der Waals surface area contributed by atoms with Gasteiger partial charge in [-0.15, -0.1) is 0 Å². The molecule has 0 spiro atoms. The molecule has 0 aliphatic carbocycles. The zero-order chi connectivity index (χ0) is 24.1. The van der Waals surface area contributed by atoms with Crippen LogP contribution in [-0.2, 0) is 4.79 Å². The molecule has 0 saturated carbocycles. The second kappa shape index (κ2) is 10.6. The van der Waals surface area contributed by atoms with Gasteiger partial charge in [0.05, 0.1) is 11.2 Å². The van der Waals surface area contributed by atoms with Crippen molar-refractivity contribution in [1.29, 1.82) is 0 Å². The number of phenolic OH excluding ortho intramolecular Hbond substituents is 1. The molecule has 1 atom stereocenters. The van der Waals surface area contributed by atoms with Gasteiger partial charge in [0.2, 0.25) is 0 Å². The van der Waals surface area contributed by atoms with Crippen LogP contribution in [0.4, 0.5) is 0 Å². The van der Waals surface area contributed by atoms with Crippen molar-refractivity contribution in [1.82, 2.24) is 10.3 Å². The van der Waals surface area contributed by atoms with Gasteiger partial charge in [0.25, 0.3) is 11.8 Å². The number of aromatic hydroxyl groups is 1. The number of fused-ring (bicyclic) bond motifs is 1. The normalized spacial score (nSPS) is 16.1. The Labute approximate surface area is 203 Å². The molecule has 2 amide bonds. The quantitative estimate of drug-likeness (QED) is 0.394. The minimum Gasteiger partial charge on any atom is -0.506 e. The van der Waals surface area contributed by atoms with Crippen LogP contribution in [0.3, 0.4) is 0 Å². The molecule has 1 heterocycles. The van der Waals surface area contributed by atoms with E-state index < -0.39 is 5.91 Å². The number of nitrogens with zero attached hydrogens (tertiary/aromatic N) is 2. The molecule has 3 aromatic carbocycles. The summed E-state index contributed by atoms with van der Waals surface area (Å²) in [4.78, 5) is 26.9. The number of rotatable bonds is 6. The minimum atomic E-state index is -0.451. The second-order valence-corrected chi connectivity index (χ2v) is 8.69. The molecule has 2 N–H and O–H groups in total. The zero-order valence-corrected chi connectivity index (χ0v) is 19.6. The van der Waals surface area contributed by atoms with E-state index in [2.05, 4.69) is 17.5 Å².